The molecule has 1 rings (SSSR count). The first-order chi connectivity index (χ1) is 6.50. The minimum absolute atomic E-state index is 0.166. The van der Waals surface area contributed by atoms with Gasteiger partial charge < -0.3 is 5.11 Å². The lowest BCUT2D eigenvalue weighted by molar-refractivity contribution is 0.461. The molecule has 0 spiro atoms. The maximum atomic E-state index is 10.7. The van der Waals surface area contributed by atoms with E-state index in [4.69, 9.17) is 0 Å². The normalized spacial score (nSPS) is 11.1. The van der Waals surface area contributed by atoms with Crippen LogP contribution < -0.4 is 0 Å². The van der Waals surface area contributed by atoms with Gasteiger partial charge in [-0.1, -0.05) is 13.8 Å². The predicted octanol–water partition coefficient (Wildman–Crippen LogP) is 1.56. The van der Waals surface area contributed by atoms with Crippen LogP contribution in [0.4, 0.5) is 0 Å². The number of benzene rings is 1. The third-order valence-electron chi connectivity index (χ3n) is 1.90. The molecular weight excluding hydrogens is 200 g/mol. The molecule has 1 N–H and O–H groups in total. The summed E-state index contributed by atoms with van der Waals surface area (Å²) in [5, 5.41) is 9.47. The fourth-order valence-corrected chi connectivity index (χ4v) is 1.75. The van der Waals surface area contributed by atoms with E-state index < -0.39 is 10.7 Å². The summed E-state index contributed by atoms with van der Waals surface area (Å²) in [5.74, 6) is 0.556. The third-order valence-corrected chi connectivity index (χ3v) is 2.60. The number of thiol groups is 1. The van der Waals surface area contributed by atoms with Gasteiger partial charge in [-0.25, -0.2) is 8.42 Å². The second kappa shape index (κ2) is 4.46. The van der Waals surface area contributed by atoms with Crippen molar-refractivity contribution in [3.8, 4) is 5.75 Å². The van der Waals surface area contributed by atoms with E-state index in [1.54, 1.807) is 0 Å². The topological polar surface area (TPSA) is 54.4 Å². The molecule has 14 heavy (non-hydrogen) atoms. The van der Waals surface area contributed by atoms with Crippen LogP contribution in [0.5, 0.6) is 5.75 Å². The molecule has 0 heterocycles. The molecule has 4 heteroatoms. The van der Waals surface area contributed by atoms with Crippen molar-refractivity contribution in [3.05, 3.63) is 23.8 Å². The Labute approximate surface area is 85.3 Å². The number of rotatable bonds is 3. The monoisotopic (exact) mass is 214 g/mol. The molecule has 3 nitrogen and oxygen atoms in total. The third kappa shape index (κ3) is 2.73. The van der Waals surface area contributed by atoms with Crippen LogP contribution in [0.25, 0.3) is 0 Å². The second-order valence-electron chi connectivity index (χ2n) is 3.67. The van der Waals surface area contributed by atoms with Gasteiger partial charge >= 0.3 is 0 Å². The highest BCUT2D eigenvalue weighted by molar-refractivity contribution is 7.72. The van der Waals surface area contributed by atoms with Crippen molar-refractivity contribution in [2.24, 2.45) is 5.92 Å². The van der Waals surface area contributed by atoms with Gasteiger partial charge in [0.15, 0.2) is 10.7 Å². The maximum Gasteiger partial charge on any atom is 0.168 e. The van der Waals surface area contributed by atoms with Crippen molar-refractivity contribution in [1.82, 2.24) is 0 Å². The van der Waals surface area contributed by atoms with Gasteiger partial charge in [0.1, 0.15) is 5.75 Å². The van der Waals surface area contributed by atoms with E-state index in [9.17, 15) is 13.5 Å². The lowest BCUT2D eigenvalue weighted by Crippen LogP contribution is -1.95. The molecule has 1 aromatic carbocycles. The molecule has 0 aliphatic heterocycles. The fourth-order valence-electron chi connectivity index (χ4n) is 1.29. The summed E-state index contributed by atoms with van der Waals surface area (Å²) in [6.07, 6.45) is 0.683. The number of hydrogen-bond donors (Lipinski definition) is 2. The molecule has 0 aliphatic rings. The van der Waals surface area contributed by atoms with Gasteiger partial charge in [-0.05, 0) is 36.1 Å². The highest BCUT2D eigenvalue weighted by atomic mass is 32.2. The molecule has 0 aliphatic carbocycles. The average molecular weight is 214 g/mol. The first kappa shape index (κ1) is 11.0. The van der Waals surface area contributed by atoms with Crippen molar-refractivity contribution in [1.29, 1.82) is 0 Å². The van der Waals surface area contributed by atoms with Crippen molar-refractivity contribution in [3.63, 3.8) is 0 Å². The van der Waals surface area contributed by atoms with Crippen molar-refractivity contribution in [2.75, 3.05) is 0 Å². The average Bonchev–Trinajstić information content (AvgIpc) is 2.07. The summed E-state index contributed by atoms with van der Waals surface area (Å²) in [7, 11) is -2.56. The molecule has 0 aromatic heterocycles. The van der Waals surface area contributed by atoms with Crippen LogP contribution in [-0.4, -0.2) is 13.5 Å². The molecule has 0 radical (unpaired) electrons. The van der Waals surface area contributed by atoms with Crippen LogP contribution in [0.3, 0.4) is 0 Å². The van der Waals surface area contributed by atoms with E-state index in [2.05, 4.69) is 0 Å². The molecule has 0 fully saturated rings. The van der Waals surface area contributed by atoms with E-state index in [1.807, 2.05) is 13.8 Å². The van der Waals surface area contributed by atoms with Gasteiger partial charge in [0.05, 0.1) is 4.90 Å². The molecule has 0 bridgehead atoms. The van der Waals surface area contributed by atoms with E-state index in [0.29, 0.717) is 17.9 Å². The fraction of sp³-hybridized carbons (Fsp3) is 0.400. The van der Waals surface area contributed by atoms with Crippen LogP contribution in [0.15, 0.2) is 23.1 Å². The molecular formula is C10H14O3S. The summed E-state index contributed by atoms with van der Waals surface area (Å²) < 4.78 is 21.4. The van der Waals surface area contributed by atoms with E-state index in [1.165, 1.54) is 18.2 Å². The maximum absolute atomic E-state index is 10.7. The second-order valence-corrected chi connectivity index (χ2v) is 4.70. The molecule has 0 saturated carbocycles. The lowest BCUT2D eigenvalue weighted by Gasteiger charge is -2.07. The molecule has 0 amide bonds. The zero-order chi connectivity index (χ0) is 10.7. The summed E-state index contributed by atoms with van der Waals surface area (Å²) in [6.45, 7) is 4.03. The quantitative estimate of drug-likeness (QED) is 0.751. The van der Waals surface area contributed by atoms with Gasteiger partial charge in [-0.2, -0.15) is 0 Å². The summed E-state index contributed by atoms with van der Waals surface area (Å²) in [4.78, 5) is 0.258. The number of phenolic OH excluding ortho intramolecular Hbond substituents is 1. The lowest BCUT2D eigenvalue weighted by atomic mass is 10.0. The predicted molar refractivity (Wildman–Crippen MR) is 55.2 cm³/mol. The van der Waals surface area contributed by atoms with Crippen molar-refractivity contribution in [2.45, 2.75) is 25.2 Å². The Hall–Kier alpha value is -1.03. The Morgan fingerprint density at radius 3 is 2.50 bits per heavy atom. The Morgan fingerprint density at radius 2 is 2.00 bits per heavy atom. The molecule has 78 valence electrons. The van der Waals surface area contributed by atoms with Crippen LogP contribution in [0.1, 0.15) is 19.4 Å². The number of phenols is 1. The Balaban J connectivity index is 3.08. The molecule has 1 aromatic rings. The standard InChI is InChI=1S/C10H14O3S/c1-7(2)5-8-6-9(14(12)13)3-4-10(8)11/h3-4,6-7,11,14H,5H2,1-2H3. The molecule has 0 atom stereocenters. The Morgan fingerprint density at radius 1 is 1.36 bits per heavy atom. The van der Waals surface area contributed by atoms with Crippen molar-refractivity contribution >= 4 is 10.7 Å². The highest BCUT2D eigenvalue weighted by Gasteiger charge is 2.06. The van der Waals surface area contributed by atoms with E-state index >= 15 is 0 Å². The van der Waals surface area contributed by atoms with Gasteiger partial charge in [0.2, 0.25) is 0 Å². The van der Waals surface area contributed by atoms with Crippen LogP contribution in [0.2, 0.25) is 0 Å². The molecule has 0 unspecified atom stereocenters. The number of aromatic hydroxyl groups is 1. The largest absolute Gasteiger partial charge is 0.508 e. The smallest absolute Gasteiger partial charge is 0.168 e. The van der Waals surface area contributed by atoms with Gasteiger partial charge in [0, 0.05) is 0 Å². The SMILES string of the molecule is CC(C)Cc1cc([SH](=O)=O)ccc1O. The van der Waals surface area contributed by atoms with Gasteiger partial charge in [-0.15, -0.1) is 0 Å². The van der Waals surface area contributed by atoms with Crippen molar-refractivity contribution < 1.29 is 13.5 Å². The van der Waals surface area contributed by atoms with Gasteiger partial charge in [0.25, 0.3) is 0 Å². The summed E-state index contributed by atoms with van der Waals surface area (Å²) in [5.41, 5.74) is 0.691. The van der Waals surface area contributed by atoms with E-state index in [0.717, 1.165) is 0 Å². The van der Waals surface area contributed by atoms with Gasteiger partial charge in [-0.3, -0.25) is 0 Å². The highest BCUT2D eigenvalue weighted by Crippen LogP contribution is 2.22. The van der Waals surface area contributed by atoms with Crippen LogP contribution >= 0.6 is 0 Å². The minimum atomic E-state index is -2.56. The Bertz CT molecular complexity index is 386. The first-order valence-electron chi connectivity index (χ1n) is 4.47. The molecule has 0 saturated heterocycles. The first-order valence-corrected chi connectivity index (χ1v) is 5.64. The Kier molecular flexibility index (Phi) is 3.52. The van der Waals surface area contributed by atoms with Crippen LogP contribution in [0, 0.1) is 5.92 Å². The minimum Gasteiger partial charge on any atom is -0.508 e. The number of hydrogen-bond acceptors (Lipinski definition) is 3. The zero-order valence-corrected chi connectivity index (χ0v) is 9.12. The van der Waals surface area contributed by atoms with Crippen LogP contribution in [-0.2, 0) is 17.1 Å². The zero-order valence-electron chi connectivity index (χ0n) is 8.23. The summed E-state index contributed by atoms with van der Waals surface area (Å²) in [6, 6.07) is 4.37. The summed E-state index contributed by atoms with van der Waals surface area (Å²) >= 11 is 0. The van der Waals surface area contributed by atoms with E-state index in [-0.39, 0.29) is 10.6 Å².